The van der Waals surface area contributed by atoms with Crippen molar-refractivity contribution in [2.75, 3.05) is 31.5 Å². The first-order valence-corrected chi connectivity index (χ1v) is 16.3. The van der Waals surface area contributed by atoms with Crippen molar-refractivity contribution in [2.45, 2.75) is 83.1 Å². The maximum atomic E-state index is 14.3. The molecule has 8 atom stereocenters. The number of carbonyl (C=O) groups excluding carboxylic acids is 3. The molecule has 1 aromatic rings. The Kier molecular flexibility index (Phi) is 9.81. The van der Waals surface area contributed by atoms with Gasteiger partial charge >= 0.3 is 0 Å². The second kappa shape index (κ2) is 13.1. The second-order valence-electron chi connectivity index (χ2n) is 13.5. The topological polar surface area (TPSA) is 91.0 Å². The molecule has 4 heterocycles. The molecule has 0 radical (unpaired) electrons. The van der Waals surface area contributed by atoms with Gasteiger partial charge in [-0.2, -0.15) is 0 Å². The summed E-state index contributed by atoms with van der Waals surface area (Å²) in [6.07, 6.45) is 9.56. The van der Waals surface area contributed by atoms with E-state index in [0.717, 1.165) is 44.8 Å². The predicted molar refractivity (Wildman–Crippen MR) is 170 cm³/mol. The molecule has 8 nitrogen and oxygen atoms in total. The number of hydrogen-bond donors (Lipinski definition) is 2. The smallest absolute Gasteiger partial charge is 0.246 e. The van der Waals surface area contributed by atoms with Crippen LogP contribution >= 0.6 is 24.0 Å². The Bertz CT molecular complexity index is 1240. The van der Waals surface area contributed by atoms with Gasteiger partial charge in [-0.25, -0.2) is 0 Å². The Morgan fingerprint density at radius 3 is 2.58 bits per heavy atom. The Balaban J connectivity index is 0.00000368. The Labute approximate surface area is 266 Å². The van der Waals surface area contributed by atoms with Crippen molar-refractivity contribution in [1.82, 2.24) is 15.1 Å². The molecule has 1 aromatic carbocycles. The number of ether oxygens (including phenoxy) is 1. The number of rotatable bonds is 8. The molecule has 1 aliphatic carbocycles. The molecule has 6 rings (SSSR count). The monoisotopic (exact) mass is 632 g/mol. The maximum absolute atomic E-state index is 14.3. The van der Waals surface area contributed by atoms with Crippen molar-refractivity contribution in [3.05, 3.63) is 41.4 Å². The first kappa shape index (κ1) is 32.3. The average Bonchev–Trinajstić information content (AvgIpc) is 3.60. The standard InChI is InChI=1S/C33H45ClN4O4.ClH/c1-20-12-17-37(18-13-20)15-6-16-38-29(31(40)36-25-10-4-7-21(2)22(25)3)33-14-11-26(42-33)27(28(33)32(38)41)30(39)35-24-9-5-8-23(34)19-24;/h5,8-9,11,14,19-22,25-29H,4,6-7,10,12-13,15-18H2,1-3H3,(H,35,39)(H,36,40);1H/t21?,22?,25?,26-,27?,28-,29?,33?;/m0./s1. The highest BCUT2D eigenvalue weighted by atomic mass is 35.5. The van der Waals surface area contributed by atoms with Crippen molar-refractivity contribution in [3.63, 3.8) is 0 Å². The molecular weight excluding hydrogens is 587 g/mol. The van der Waals surface area contributed by atoms with Gasteiger partial charge in [0, 0.05) is 23.3 Å². The Morgan fingerprint density at radius 1 is 1.07 bits per heavy atom. The van der Waals surface area contributed by atoms with Crippen LogP contribution in [0.4, 0.5) is 5.69 Å². The third-order valence-corrected chi connectivity index (χ3v) is 11.0. The molecule has 2 bridgehead atoms. The fraction of sp³-hybridized carbons (Fsp3) is 0.667. The lowest BCUT2D eigenvalue weighted by molar-refractivity contribution is -0.141. The van der Waals surface area contributed by atoms with E-state index in [2.05, 4.69) is 36.3 Å². The van der Waals surface area contributed by atoms with Gasteiger partial charge in [0.2, 0.25) is 17.7 Å². The zero-order valence-corrected chi connectivity index (χ0v) is 27.0. The lowest BCUT2D eigenvalue weighted by Crippen LogP contribution is -2.58. The van der Waals surface area contributed by atoms with Gasteiger partial charge in [0.05, 0.1) is 17.9 Å². The molecule has 5 aliphatic rings. The SMILES string of the molecule is CC1CCN(CCCN2C(=O)[C@@H]3C(C(=O)Nc4cccc(Cl)c4)[C@@H]4C=CC3(O4)C2C(=O)NC2CCCC(C)C2C)CC1.Cl. The van der Waals surface area contributed by atoms with E-state index in [0.29, 0.717) is 29.1 Å². The number of benzene rings is 1. The number of likely N-dealkylation sites (tertiary alicyclic amines) is 2. The number of fused-ring (bicyclic) bond motifs is 1. The third-order valence-electron chi connectivity index (χ3n) is 10.8. The van der Waals surface area contributed by atoms with Gasteiger partial charge in [0.1, 0.15) is 11.6 Å². The van der Waals surface area contributed by atoms with Crippen LogP contribution in [0.3, 0.4) is 0 Å². The number of anilines is 1. The van der Waals surface area contributed by atoms with E-state index in [1.54, 1.807) is 29.2 Å². The molecule has 1 spiro atoms. The summed E-state index contributed by atoms with van der Waals surface area (Å²) < 4.78 is 6.53. The number of halogens is 2. The molecule has 3 saturated heterocycles. The van der Waals surface area contributed by atoms with Crippen LogP contribution in [0, 0.1) is 29.6 Å². The summed E-state index contributed by atoms with van der Waals surface area (Å²) in [5.74, 6) is -0.440. The van der Waals surface area contributed by atoms with Gasteiger partial charge in [-0.1, -0.05) is 63.4 Å². The predicted octanol–water partition coefficient (Wildman–Crippen LogP) is 4.91. The number of nitrogens with zero attached hydrogens (tertiary/aromatic N) is 2. The summed E-state index contributed by atoms with van der Waals surface area (Å²) in [6, 6.07) is 6.24. The van der Waals surface area contributed by atoms with Crippen LogP contribution in [0.2, 0.25) is 5.02 Å². The van der Waals surface area contributed by atoms with E-state index < -0.39 is 29.6 Å². The summed E-state index contributed by atoms with van der Waals surface area (Å²) in [6.45, 7) is 10.3. The molecular formula is C33H46Cl2N4O4. The Hall–Kier alpha value is -2.13. The minimum absolute atomic E-state index is 0. The van der Waals surface area contributed by atoms with Crippen LogP contribution in [-0.2, 0) is 19.1 Å². The molecule has 2 N–H and O–H groups in total. The summed E-state index contributed by atoms with van der Waals surface area (Å²) in [7, 11) is 0. The molecule has 236 valence electrons. The van der Waals surface area contributed by atoms with E-state index in [4.69, 9.17) is 16.3 Å². The number of carbonyl (C=O) groups is 3. The van der Waals surface area contributed by atoms with Crippen molar-refractivity contribution in [2.24, 2.45) is 29.6 Å². The van der Waals surface area contributed by atoms with Crippen LogP contribution in [0.15, 0.2) is 36.4 Å². The van der Waals surface area contributed by atoms with Crippen LogP contribution < -0.4 is 10.6 Å². The van der Waals surface area contributed by atoms with Gasteiger partial charge in [-0.05, 0) is 81.3 Å². The highest BCUT2D eigenvalue weighted by Crippen LogP contribution is 2.55. The first-order chi connectivity index (χ1) is 20.2. The van der Waals surface area contributed by atoms with Crippen molar-refractivity contribution < 1.29 is 19.1 Å². The molecule has 6 unspecified atom stereocenters. The van der Waals surface area contributed by atoms with E-state index in [9.17, 15) is 14.4 Å². The zero-order valence-electron chi connectivity index (χ0n) is 25.5. The summed E-state index contributed by atoms with van der Waals surface area (Å²) in [5.41, 5.74) is -0.576. The highest BCUT2D eigenvalue weighted by molar-refractivity contribution is 6.30. The minimum atomic E-state index is -1.15. The maximum Gasteiger partial charge on any atom is 0.246 e. The fourth-order valence-corrected chi connectivity index (χ4v) is 8.29. The minimum Gasteiger partial charge on any atom is -0.359 e. The van der Waals surface area contributed by atoms with Gasteiger partial charge in [-0.3, -0.25) is 14.4 Å². The van der Waals surface area contributed by atoms with Gasteiger partial charge in [0.25, 0.3) is 0 Å². The van der Waals surface area contributed by atoms with Crippen LogP contribution in [0.25, 0.3) is 0 Å². The second-order valence-corrected chi connectivity index (χ2v) is 13.9. The van der Waals surface area contributed by atoms with E-state index >= 15 is 0 Å². The zero-order chi connectivity index (χ0) is 29.6. The summed E-state index contributed by atoms with van der Waals surface area (Å²) >= 11 is 6.15. The molecule has 3 amide bonds. The summed E-state index contributed by atoms with van der Waals surface area (Å²) in [4.78, 5) is 46.3. The van der Waals surface area contributed by atoms with Crippen LogP contribution in [0.1, 0.15) is 59.3 Å². The molecule has 1 saturated carbocycles. The van der Waals surface area contributed by atoms with E-state index in [1.807, 2.05) is 12.2 Å². The Morgan fingerprint density at radius 2 is 1.84 bits per heavy atom. The van der Waals surface area contributed by atoms with Crippen molar-refractivity contribution in [3.8, 4) is 0 Å². The van der Waals surface area contributed by atoms with Gasteiger partial charge in [0.15, 0.2) is 0 Å². The number of hydrogen-bond acceptors (Lipinski definition) is 5. The average molecular weight is 634 g/mol. The van der Waals surface area contributed by atoms with Crippen molar-refractivity contribution in [1.29, 1.82) is 0 Å². The van der Waals surface area contributed by atoms with Crippen LogP contribution in [0.5, 0.6) is 0 Å². The normalized spacial score (nSPS) is 35.5. The largest absolute Gasteiger partial charge is 0.359 e. The molecule has 4 fully saturated rings. The summed E-state index contributed by atoms with van der Waals surface area (Å²) in [5, 5.41) is 6.81. The molecule has 10 heteroatoms. The molecule has 43 heavy (non-hydrogen) atoms. The lowest BCUT2D eigenvalue weighted by Gasteiger charge is -2.38. The molecule has 4 aliphatic heterocycles. The van der Waals surface area contributed by atoms with Crippen LogP contribution in [-0.4, -0.2) is 77.5 Å². The van der Waals surface area contributed by atoms with Crippen molar-refractivity contribution >= 4 is 47.4 Å². The molecule has 0 aromatic heterocycles. The van der Waals surface area contributed by atoms with Gasteiger partial charge < -0.3 is 25.2 Å². The lowest BCUT2D eigenvalue weighted by atomic mass is 9.73. The fourth-order valence-electron chi connectivity index (χ4n) is 8.10. The highest BCUT2D eigenvalue weighted by Gasteiger charge is 2.72. The third kappa shape index (κ3) is 6.09. The number of nitrogens with one attached hydrogen (secondary N) is 2. The number of piperidine rings is 1. The van der Waals surface area contributed by atoms with E-state index in [-0.39, 0.29) is 36.2 Å². The van der Waals surface area contributed by atoms with Gasteiger partial charge in [-0.15, -0.1) is 12.4 Å². The quantitative estimate of drug-likeness (QED) is 0.397. The first-order valence-electron chi connectivity index (χ1n) is 15.9. The number of amides is 3. The van der Waals surface area contributed by atoms with E-state index in [1.165, 1.54) is 19.3 Å².